The Morgan fingerprint density at radius 3 is 2.47 bits per heavy atom. The highest BCUT2D eigenvalue weighted by molar-refractivity contribution is 5.74. The Morgan fingerprint density at radius 1 is 1.07 bits per heavy atom. The van der Waals surface area contributed by atoms with Crippen molar-refractivity contribution in [2.45, 2.75) is 33.0 Å². The summed E-state index contributed by atoms with van der Waals surface area (Å²) in [5.74, 6) is 0. The lowest BCUT2D eigenvalue weighted by Crippen LogP contribution is -2.55. The van der Waals surface area contributed by atoms with Gasteiger partial charge in [-0.2, -0.15) is 15.1 Å². The molecule has 2 heterocycles. The number of nitrogens with zero attached hydrogens (tertiary/aromatic N) is 5. The number of aromatic nitrogens is 1. The van der Waals surface area contributed by atoms with Gasteiger partial charge in [0.2, 0.25) is 0 Å². The van der Waals surface area contributed by atoms with Crippen LogP contribution in [-0.4, -0.2) is 47.9 Å². The van der Waals surface area contributed by atoms with Crippen LogP contribution in [0.15, 0.2) is 59.0 Å². The minimum Gasteiger partial charge on any atom is -0.422 e. The lowest BCUT2D eigenvalue weighted by Gasteiger charge is -2.32. The number of anilines is 2. The third-order valence-electron chi connectivity index (χ3n) is 4.84. The average Bonchev–Trinajstić information content (AvgIpc) is 3.33. The van der Waals surface area contributed by atoms with Crippen molar-refractivity contribution in [1.29, 1.82) is 0 Å². The molecule has 0 amide bonds. The summed E-state index contributed by atoms with van der Waals surface area (Å²) in [6.45, 7) is 6.97. The molecule has 9 heteroatoms. The lowest BCUT2D eigenvalue weighted by atomic mass is 10.3. The van der Waals surface area contributed by atoms with Crippen LogP contribution in [-0.2, 0) is 9.57 Å². The van der Waals surface area contributed by atoms with E-state index in [9.17, 15) is 0 Å². The van der Waals surface area contributed by atoms with Gasteiger partial charge in [0, 0.05) is 18.9 Å². The zero-order chi connectivity index (χ0) is 21.1. The third-order valence-corrected chi connectivity index (χ3v) is 4.84. The summed E-state index contributed by atoms with van der Waals surface area (Å²) in [4.78, 5) is 10.8. The average molecular weight is 412 g/mol. The second-order valence-corrected chi connectivity index (χ2v) is 6.75. The van der Waals surface area contributed by atoms with Crippen molar-refractivity contribution in [2.24, 2.45) is 0 Å². The van der Waals surface area contributed by atoms with Crippen molar-refractivity contribution in [2.75, 3.05) is 30.4 Å². The first-order valence-electron chi connectivity index (χ1n) is 10.2. The molecule has 2 atom stereocenters. The van der Waals surface area contributed by atoms with Gasteiger partial charge < -0.3 is 9.15 Å². The van der Waals surface area contributed by atoms with E-state index in [4.69, 9.17) is 19.0 Å². The van der Waals surface area contributed by atoms with Crippen LogP contribution >= 0.6 is 0 Å². The fourth-order valence-corrected chi connectivity index (χ4v) is 3.63. The topological polar surface area (TPSA) is 69.5 Å². The summed E-state index contributed by atoms with van der Waals surface area (Å²) in [6, 6.07) is 18.1. The molecule has 160 valence electrons. The molecule has 2 aromatic carbocycles. The normalized spacial score (nSPS) is 19.1. The van der Waals surface area contributed by atoms with E-state index in [1.54, 1.807) is 5.28 Å². The number of rotatable bonds is 8. The molecular formula is C21H28N6O3. The Bertz CT molecular complexity index is 919. The zero-order valence-corrected chi connectivity index (χ0v) is 17.7. The third kappa shape index (κ3) is 3.62. The van der Waals surface area contributed by atoms with Gasteiger partial charge in [-0.3, -0.25) is 4.84 Å². The maximum absolute atomic E-state index is 6.12. The quantitative estimate of drug-likeness (QED) is 0.600. The largest absolute Gasteiger partial charge is 0.422 e. The molecule has 3 aromatic rings. The number of hydrogen-bond acceptors (Lipinski definition) is 9. The summed E-state index contributed by atoms with van der Waals surface area (Å²) in [5, 5.41) is 7.38. The van der Waals surface area contributed by atoms with Crippen LogP contribution < -0.4 is 15.6 Å². The molecule has 4 rings (SSSR count). The molecule has 0 spiro atoms. The van der Waals surface area contributed by atoms with E-state index in [2.05, 4.69) is 5.43 Å². The second kappa shape index (κ2) is 8.99. The van der Waals surface area contributed by atoms with Gasteiger partial charge in [0.1, 0.15) is 5.52 Å². The van der Waals surface area contributed by atoms with E-state index >= 15 is 0 Å². The Kier molecular flexibility index (Phi) is 6.16. The van der Waals surface area contributed by atoms with Crippen LogP contribution in [0.4, 0.5) is 11.7 Å². The number of ether oxygens (including phenoxy) is 1. The van der Waals surface area contributed by atoms with E-state index in [0.29, 0.717) is 24.8 Å². The molecule has 0 saturated carbocycles. The van der Waals surface area contributed by atoms with Crippen LogP contribution in [0.2, 0.25) is 0 Å². The van der Waals surface area contributed by atoms with E-state index in [1.807, 2.05) is 97.7 Å². The predicted molar refractivity (Wildman–Crippen MR) is 115 cm³/mol. The number of hydrogen-bond donors (Lipinski definition) is 1. The van der Waals surface area contributed by atoms with Gasteiger partial charge in [-0.1, -0.05) is 30.3 Å². The van der Waals surface area contributed by atoms with Crippen molar-refractivity contribution < 1.29 is 14.0 Å². The summed E-state index contributed by atoms with van der Waals surface area (Å²) < 4.78 is 12.1. The number of fused-ring (bicyclic) bond motifs is 1. The highest BCUT2D eigenvalue weighted by Gasteiger charge is 2.51. The van der Waals surface area contributed by atoms with E-state index in [1.165, 1.54) is 0 Å². The van der Waals surface area contributed by atoms with Gasteiger partial charge in [0.05, 0.1) is 18.4 Å². The van der Waals surface area contributed by atoms with Crippen LogP contribution in [0.3, 0.4) is 0 Å². The molecule has 0 bridgehead atoms. The Morgan fingerprint density at radius 2 is 1.80 bits per heavy atom. The minimum absolute atomic E-state index is 0.200. The standard InChI is InChI=1S/C21H28N6O3/c1-5-28-16(3)20-24(21-23-18-14-10-11-15-19(18)30-21)27(29-6-2)26(25(20)22-4)17-12-8-7-9-13-17/h7-16,20,22H,5-6H2,1-4H3. The highest BCUT2D eigenvalue weighted by atomic mass is 16.8. The first-order valence-corrected chi connectivity index (χ1v) is 10.2. The molecule has 2 unspecified atom stereocenters. The Balaban J connectivity index is 1.85. The van der Waals surface area contributed by atoms with Gasteiger partial charge in [0.15, 0.2) is 11.7 Å². The summed E-state index contributed by atoms with van der Waals surface area (Å²) in [7, 11) is 1.86. The van der Waals surface area contributed by atoms with Crippen molar-refractivity contribution in [3.63, 3.8) is 0 Å². The summed E-state index contributed by atoms with van der Waals surface area (Å²) in [6.07, 6.45) is -0.524. The SMILES string of the molecule is CCOC(C)C1N(NC)N(c2ccccc2)N(OCC)N1c1nc2ccccc2o1. The first kappa shape index (κ1) is 20.6. The van der Waals surface area contributed by atoms with Crippen molar-refractivity contribution in [3.8, 4) is 0 Å². The molecule has 30 heavy (non-hydrogen) atoms. The van der Waals surface area contributed by atoms with Crippen LogP contribution in [0.5, 0.6) is 0 Å². The molecule has 1 aromatic heterocycles. The maximum Gasteiger partial charge on any atom is 0.318 e. The van der Waals surface area contributed by atoms with Crippen molar-refractivity contribution in [3.05, 3.63) is 54.6 Å². The molecule has 1 fully saturated rings. The summed E-state index contributed by atoms with van der Waals surface area (Å²) in [5.41, 5.74) is 5.67. The van der Waals surface area contributed by atoms with Crippen LogP contribution in [0.25, 0.3) is 11.1 Å². The van der Waals surface area contributed by atoms with Gasteiger partial charge >= 0.3 is 6.01 Å². The van der Waals surface area contributed by atoms with Gasteiger partial charge in [-0.05, 0) is 45.0 Å². The van der Waals surface area contributed by atoms with E-state index in [-0.39, 0.29) is 12.3 Å². The van der Waals surface area contributed by atoms with E-state index < -0.39 is 0 Å². The maximum atomic E-state index is 6.12. The fourth-order valence-electron chi connectivity index (χ4n) is 3.63. The van der Waals surface area contributed by atoms with Gasteiger partial charge in [-0.15, -0.1) is 5.12 Å². The number of hydrazine groups is 4. The van der Waals surface area contributed by atoms with Gasteiger partial charge in [-0.25, -0.2) is 5.43 Å². The Hall–Kier alpha value is -2.69. The molecular weight excluding hydrogens is 384 g/mol. The molecule has 1 aliphatic heterocycles. The monoisotopic (exact) mass is 412 g/mol. The number of benzene rings is 2. The second-order valence-electron chi connectivity index (χ2n) is 6.75. The molecule has 9 nitrogen and oxygen atoms in total. The predicted octanol–water partition coefficient (Wildman–Crippen LogP) is 3.34. The van der Waals surface area contributed by atoms with E-state index in [0.717, 1.165) is 11.2 Å². The molecule has 0 radical (unpaired) electrons. The van der Waals surface area contributed by atoms with Crippen molar-refractivity contribution in [1.82, 2.24) is 20.8 Å². The molecule has 1 aliphatic rings. The van der Waals surface area contributed by atoms with Crippen molar-refractivity contribution >= 4 is 22.8 Å². The highest BCUT2D eigenvalue weighted by Crippen LogP contribution is 2.36. The smallest absolute Gasteiger partial charge is 0.318 e. The molecule has 0 aliphatic carbocycles. The van der Waals surface area contributed by atoms with Gasteiger partial charge in [0.25, 0.3) is 0 Å². The van der Waals surface area contributed by atoms with Crippen LogP contribution in [0, 0.1) is 0 Å². The molecule has 1 saturated heterocycles. The van der Waals surface area contributed by atoms with Crippen LogP contribution in [0.1, 0.15) is 20.8 Å². The molecule has 1 N–H and O–H groups in total. The Labute approximate surface area is 176 Å². The zero-order valence-electron chi connectivity index (χ0n) is 17.7. The fraction of sp³-hybridized carbons (Fsp3) is 0.381. The lowest BCUT2D eigenvalue weighted by molar-refractivity contribution is -0.172. The number of nitrogens with one attached hydrogen (secondary N) is 1. The number of oxazole rings is 1. The summed E-state index contributed by atoms with van der Waals surface area (Å²) >= 11 is 0. The first-order chi connectivity index (χ1) is 14.7. The minimum atomic E-state index is -0.324. The number of para-hydroxylation sites is 3.